The summed E-state index contributed by atoms with van der Waals surface area (Å²) >= 11 is 0. The molecular formula is C42H68O7Si. The second-order valence-electron chi connectivity index (χ2n) is 16.3. The Kier molecular flexibility index (Phi) is 15.8. The average molecular weight is 713 g/mol. The molecule has 0 aliphatic carbocycles. The lowest BCUT2D eigenvalue weighted by atomic mass is 9.73. The van der Waals surface area contributed by atoms with E-state index in [-0.39, 0.29) is 19.6 Å². The first kappa shape index (κ1) is 42.3. The zero-order chi connectivity index (χ0) is 37.2. The highest BCUT2D eigenvalue weighted by Gasteiger charge is 2.68. The lowest BCUT2D eigenvalue weighted by Gasteiger charge is -2.58. The Bertz CT molecular complexity index is 1260. The molecular weight excluding hydrogens is 645 g/mol. The first-order valence-corrected chi connectivity index (χ1v) is 21.3. The minimum atomic E-state index is -2.34. The van der Waals surface area contributed by atoms with Gasteiger partial charge in [0, 0.05) is 6.42 Å². The number of benzene rings is 2. The molecule has 1 aliphatic heterocycles. The number of rotatable bonds is 19. The number of aliphatic hydroxyl groups is 1. The SMILES string of the molecule is CCCC[C@@]1(O)O[C@H](CO[Si](C(C)C)(C(C)C)C(C)C)[C@@H](OCc2ccccc2)[C@H](OCc2ccccc2)[C@@]1(CCCC)OC(=O)C(C)(C)C. The fourth-order valence-corrected chi connectivity index (χ4v) is 13.3. The summed E-state index contributed by atoms with van der Waals surface area (Å²) in [5.74, 6) is -2.26. The molecule has 0 radical (unpaired) electrons. The maximum atomic E-state index is 14.0. The van der Waals surface area contributed by atoms with Crippen LogP contribution in [0.3, 0.4) is 0 Å². The van der Waals surface area contributed by atoms with E-state index >= 15 is 0 Å². The molecule has 2 aromatic carbocycles. The van der Waals surface area contributed by atoms with Crippen molar-refractivity contribution in [1.29, 1.82) is 0 Å². The Labute approximate surface area is 304 Å². The van der Waals surface area contributed by atoms with Crippen molar-refractivity contribution in [3.63, 3.8) is 0 Å². The molecule has 1 N–H and O–H groups in total. The number of esters is 1. The van der Waals surface area contributed by atoms with Crippen molar-refractivity contribution in [2.75, 3.05) is 6.61 Å². The van der Waals surface area contributed by atoms with E-state index in [0.29, 0.717) is 42.5 Å². The summed E-state index contributed by atoms with van der Waals surface area (Å²) < 4.78 is 34.8. The van der Waals surface area contributed by atoms with Gasteiger partial charge in [-0.1, -0.05) is 129 Å². The molecule has 3 rings (SSSR count). The van der Waals surface area contributed by atoms with Gasteiger partial charge in [-0.2, -0.15) is 0 Å². The number of hydrogen-bond donors (Lipinski definition) is 1. The lowest BCUT2D eigenvalue weighted by Crippen LogP contribution is -2.75. The van der Waals surface area contributed by atoms with Gasteiger partial charge in [0.25, 0.3) is 0 Å². The molecule has 282 valence electrons. The topological polar surface area (TPSA) is 83.5 Å². The van der Waals surface area contributed by atoms with Gasteiger partial charge in [0.2, 0.25) is 5.79 Å². The highest BCUT2D eigenvalue weighted by molar-refractivity contribution is 6.77. The summed E-state index contributed by atoms with van der Waals surface area (Å²) in [7, 11) is -2.34. The molecule has 2 aromatic rings. The molecule has 0 bridgehead atoms. The quantitative estimate of drug-likeness (QED) is 0.115. The zero-order valence-corrected chi connectivity index (χ0v) is 34.0. The number of carbonyl (C=O) groups is 1. The van der Waals surface area contributed by atoms with Crippen LogP contribution < -0.4 is 0 Å². The van der Waals surface area contributed by atoms with Gasteiger partial charge in [-0.25, -0.2) is 0 Å². The smallest absolute Gasteiger partial charge is 0.312 e. The molecule has 8 heteroatoms. The number of ether oxygens (including phenoxy) is 4. The fourth-order valence-electron chi connectivity index (χ4n) is 7.88. The van der Waals surface area contributed by atoms with Gasteiger partial charge in [0.05, 0.1) is 25.2 Å². The molecule has 1 saturated heterocycles. The largest absolute Gasteiger partial charge is 0.450 e. The van der Waals surface area contributed by atoms with Crippen LogP contribution in [-0.2, 0) is 41.4 Å². The number of carbonyl (C=O) groups excluding carboxylic acids is 1. The van der Waals surface area contributed by atoms with Crippen LogP contribution in [0.4, 0.5) is 0 Å². The Morgan fingerprint density at radius 2 is 1.28 bits per heavy atom. The Balaban J connectivity index is 2.27. The van der Waals surface area contributed by atoms with E-state index in [1.807, 2.05) is 81.4 Å². The molecule has 5 atom stereocenters. The van der Waals surface area contributed by atoms with Crippen molar-refractivity contribution < 1.29 is 33.3 Å². The Hall–Kier alpha value is -2.07. The van der Waals surface area contributed by atoms with Gasteiger partial charge in [-0.05, 0) is 67.8 Å². The maximum absolute atomic E-state index is 14.0. The third kappa shape index (κ3) is 9.87. The zero-order valence-electron chi connectivity index (χ0n) is 33.0. The van der Waals surface area contributed by atoms with Crippen LogP contribution in [0.5, 0.6) is 0 Å². The van der Waals surface area contributed by atoms with Crippen LogP contribution in [-0.4, -0.2) is 55.7 Å². The van der Waals surface area contributed by atoms with Gasteiger partial charge in [-0.3, -0.25) is 4.79 Å². The summed E-state index contributed by atoms with van der Waals surface area (Å²) in [6.07, 6.45) is 1.39. The number of unbranched alkanes of at least 4 members (excludes halogenated alkanes) is 2. The van der Waals surface area contributed by atoms with E-state index in [9.17, 15) is 9.90 Å². The van der Waals surface area contributed by atoms with E-state index < -0.39 is 49.4 Å². The average Bonchev–Trinajstić information content (AvgIpc) is 3.06. The highest BCUT2D eigenvalue weighted by atomic mass is 28.4. The first-order chi connectivity index (χ1) is 23.6. The molecule has 0 spiro atoms. The highest BCUT2D eigenvalue weighted by Crippen LogP contribution is 2.50. The second kappa shape index (κ2) is 18.6. The van der Waals surface area contributed by atoms with Crippen LogP contribution in [0.1, 0.15) is 126 Å². The molecule has 0 unspecified atom stereocenters. The van der Waals surface area contributed by atoms with Crippen molar-refractivity contribution in [2.45, 2.75) is 174 Å². The van der Waals surface area contributed by atoms with Crippen molar-refractivity contribution in [1.82, 2.24) is 0 Å². The van der Waals surface area contributed by atoms with Gasteiger partial charge < -0.3 is 28.5 Å². The monoisotopic (exact) mass is 712 g/mol. The van der Waals surface area contributed by atoms with E-state index in [1.54, 1.807) is 0 Å². The summed E-state index contributed by atoms with van der Waals surface area (Å²) in [4.78, 5) is 14.0. The van der Waals surface area contributed by atoms with Crippen molar-refractivity contribution >= 4 is 14.3 Å². The van der Waals surface area contributed by atoms with Crippen molar-refractivity contribution in [2.24, 2.45) is 5.41 Å². The molecule has 0 amide bonds. The third-order valence-electron chi connectivity index (χ3n) is 10.6. The predicted molar refractivity (Wildman–Crippen MR) is 204 cm³/mol. The molecule has 0 aromatic heterocycles. The van der Waals surface area contributed by atoms with Gasteiger partial charge >= 0.3 is 5.97 Å². The van der Waals surface area contributed by atoms with E-state index in [4.69, 9.17) is 23.4 Å². The minimum absolute atomic E-state index is 0.233. The van der Waals surface area contributed by atoms with Crippen LogP contribution in [0, 0.1) is 5.41 Å². The number of hydrogen-bond acceptors (Lipinski definition) is 7. The van der Waals surface area contributed by atoms with Crippen LogP contribution >= 0.6 is 0 Å². The molecule has 1 aliphatic rings. The van der Waals surface area contributed by atoms with Crippen molar-refractivity contribution in [3.8, 4) is 0 Å². The van der Waals surface area contributed by atoms with Crippen LogP contribution in [0.2, 0.25) is 16.6 Å². The minimum Gasteiger partial charge on any atom is -0.450 e. The Morgan fingerprint density at radius 1 is 0.800 bits per heavy atom. The van der Waals surface area contributed by atoms with Gasteiger partial charge in [-0.15, -0.1) is 0 Å². The van der Waals surface area contributed by atoms with Gasteiger partial charge in [0.15, 0.2) is 13.9 Å². The summed E-state index contributed by atoms with van der Waals surface area (Å²) in [6, 6.07) is 20.0. The van der Waals surface area contributed by atoms with Gasteiger partial charge in [0.1, 0.15) is 18.3 Å². The molecule has 50 heavy (non-hydrogen) atoms. The van der Waals surface area contributed by atoms with Crippen molar-refractivity contribution in [3.05, 3.63) is 71.8 Å². The third-order valence-corrected chi connectivity index (χ3v) is 16.6. The second-order valence-corrected chi connectivity index (χ2v) is 21.7. The van der Waals surface area contributed by atoms with Crippen LogP contribution in [0.15, 0.2) is 60.7 Å². The fraction of sp³-hybridized carbons (Fsp3) is 0.690. The van der Waals surface area contributed by atoms with E-state index in [1.165, 1.54) is 0 Å². The van der Waals surface area contributed by atoms with E-state index in [0.717, 1.165) is 24.0 Å². The normalized spacial score (nSPS) is 24.7. The first-order valence-electron chi connectivity index (χ1n) is 19.2. The molecule has 1 fully saturated rings. The van der Waals surface area contributed by atoms with E-state index in [2.05, 4.69) is 55.4 Å². The van der Waals surface area contributed by atoms with Crippen LogP contribution in [0.25, 0.3) is 0 Å². The molecule has 7 nitrogen and oxygen atoms in total. The summed E-state index contributed by atoms with van der Waals surface area (Å²) in [5.41, 5.74) is 0.676. The maximum Gasteiger partial charge on any atom is 0.312 e. The lowest BCUT2D eigenvalue weighted by molar-refractivity contribution is -0.403. The molecule has 0 saturated carbocycles. The predicted octanol–water partition coefficient (Wildman–Crippen LogP) is 10.1. The standard InChI is InChI=1S/C42H68O7Si/c1-12-14-26-41(49-39(43)40(9,10)11)38(46-29-35-24-20-17-21-25-35)37(45-28-34-22-18-16-19-23-34)36(48-42(41,44)27-15-13-2)30-47-50(31(3)4,32(5)6)33(7)8/h16-25,31-33,36-38,44H,12-15,26-30H2,1-11H3/t36-,37-,38+,41-,42-/m1/s1. The molecule has 1 heterocycles. The Morgan fingerprint density at radius 3 is 1.74 bits per heavy atom. The summed E-state index contributed by atoms with van der Waals surface area (Å²) in [6.45, 7) is 24.1. The summed E-state index contributed by atoms with van der Waals surface area (Å²) in [5, 5.41) is 13.1.